The molecular weight excluding hydrogens is 759 g/mol. The minimum Gasteiger partial charge on any atom is -0.463 e. The van der Waals surface area contributed by atoms with Gasteiger partial charge >= 0.3 is 29.5 Å². The van der Waals surface area contributed by atoms with Crippen LogP contribution in [0.25, 0.3) is 22.0 Å². The third-order valence-electron chi connectivity index (χ3n) is 7.04. The van der Waals surface area contributed by atoms with E-state index in [4.69, 9.17) is 56.3 Å². The van der Waals surface area contributed by atoms with E-state index in [-0.39, 0.29) is 21.0 Å². The number of ether oxygens (including phenoxy) is 5. The van der Waals surface area contributed by atoms with Crippen LogP contribution < -0.4 is 5.63 Å². The van der Waals surface area contributed by atoms with E-state index in [0.29, 0.717) is 27.6 Å². The van der Waals surface area contributed by atoms with E-state index in [1.54, 1.807) is 18.2 Å². The molecule has 2 aromatic carbocycles. The number of carbonyl (C=O) groups excluding carboxylic acids is 4. The fraction of sp³-hybridized carbons (Fsp3) is 0.355. The van der Waals surface area contributed by atoms with Gasteiger partial charge in [-0.3, -0.25) is 23.7 Å². The molecule has 2 aromatic heterocycles. The average Bonchev–Trinajstić information content (AvgIpc) is 3.33. The lowest BCUT2D eigenvalue weighted by Gasteiger charge is -2.45. The van der Waals surface area contributed by atoms with Gasteiger partial charge in [-0.1, -0.05) is 50.9 Å². The van der Waals surface area contributed by atoms with E-state index < -0.39 is 66.8 Å². The van der Waals surface area contributed by atoms with Gasteiger partial charge in [0.2, 0.25) is 0 Å². The van der Waals surface area contributed by atoms with Gasteiger partial charge in [-0.05, 0) is 36.4 Å². The van der Waals surface area contributed by atoms with Crippen LogP contribution in [-0.4, -0.2) is 64.5 Å². The molecule has 0 bridgehead atoms. The molecule has 0 amide bonds. The molecule has 1 aliphatic heterocycles. The van der Waals surface area contributed by atoms with Crippen LogP contribution in [0.15, 0.2) is 55.2 Å². The monoisotopic (exact) mass is 784 g/mol. The molecule has 13 nitrogen and oxygen atoms in total. The van der Waals surface area contributed by atoms with Gasteiger partial charge in [-0.2, -0.15) is 0 Å². The lowest BCUT2D eigenvalue weighted by molar-refractivity contribution is -0.269. The molecule has 1 saturated heterocycles. The molecule has 5 rings (SSSR count). The third-order valence-corrected chi connectivity index (χ3v) is 9.26. The first kappa shape index (κ1) is 35.7. The second kappa shape index (κ2) is 14.9. The molecule has 0 N–H and O–H groups in total. The molecule has 1 aliphatic rings. The van der Waals surface area contributed by atoms with Gasteiger partial charge in [0.15, 0.2) is 29.7 Å². The summed E-state index contributed by atoms with van der Waals surface area (Å²) in [4.78, 5) is 66.5. The largest absolute Gasteiger partial charge is 0.463 e. The molecule has 0 unspecified atom stereocenters. The highest BCUT2D eigenvalue weighted by atomic mass is 79.9. The van der Waals surface area contributed by atoms with Gasteiger partial charge < -0.3 is 28.1 Å². The number of carbonyl (C=O) groups is 4. The smallest absolute Gasteiger partial charge is 0.340 e. The Labute approximate surface area is 295 Å². The third kappa shape index (κ3) is 7.97. The van der Waals surface area contributed by atoms with Crippen LogP contribution in [-0.2, 0) is 48.6 Å². The number of fused-ring (bicyclic) bond motifs is 2. The van der Waals surface area contributed by atoms with Crippen LogP contribution in [0.2, 0.25) is 10.0 Å². The average molecular weight is 786 g/mol. The zero-order valence-electron chi connectivity index (χ0n) is 25.7. The number of hydrogen-bond acceptors (Lipinski definition) is 13. The highest BCUT2D eigenvalue weighted by molar-refractivity contribution is 9.10. The summed E-state index contributed by atoms with van der Waals surface area (Å²) >= 11 is 17.3. The Hall–Kier alpha value is -3.63. The number of nitrogens with zero attached hydrogens (tertiary/aromatic N) is 2. The first-order valence-electron chi connectivity index (χ1n) is 14.2. The van der Waals surface area contributed by atoms with Crippen molar-refractivity contribution in [2.24, 2.45) is 0 Å². The van der Waals surface area contributed by atoms with Crippen molar-refractivity contribution in [3.63, 3.8) is 0 Å². The molecule has 3 heterocycles. The van der Waals surface area contributed by atoms with E-state index >= 15 is 0 Å². The zero-order valence-corrected chi connectivity index (χ0v) is 29.6. The van der Waals surface area contributed by atoms with Crippen molar-refractivity contribution in [3.05, 3.63) is 66.9 Å². The number of esters is 4. The molecule has 254 valence electrons. The Morgan fingerprint density at radius 2 is 1.54 bits per heavy atom. The van der Waals surface area contributed by atoms with Gasteiger partial charge in [-0.25, -0.2) is 9.78 Å². The second-order valence-electron chi connectivity index (χ2n) is 10.6. The van der Waals surface area contributed by atoms with Crippen LogP contribution in [0.3, 0.4) is 0 Å². The number of halogens is 3. The van der Waals surface area contributed by atoms with Crippen molar-refractivity contribution >= 4 is 96.8 Å². The van der Waals surface area contributed by atoms with Gasteiger partial charge in [0.1, 0.15) is 18.3 Å². The van der Waals surface area contributed by atoms with Crippen molar-refractivity contribution in [2.75, 3.05) is 6.61 Å². The zero-order chi connectivity index (χ0) is 34.9. The Morgan fingerprint density at radius 3 is 2.21 bits per heavy atom. The Bertz CT molecular complexity index is 1980. The summed E-state index contributed by atoms with van der Waals surface area (Å²) in [6, 6.07) is 9.98. The summed E-state index contributed by atoms with van der Waals surface area (Å²) in [5.41, 5.74) is 0.891. The Kier molecular flexibility index (Phi) is 11.0. The quantitative estimate of drug-likeness (QED) is 0.0872. The maximum absolute atomic E-state index is 12.9. The van der Waals surface area contributed by atoms with Crippen molar-refractivity contribution in [1.29, 1.82) is 0 Å². The molecule has 17 heteroatoms. The van der Waals surface area contributed by atoms with Crippen LogP contribution in [0.5, 0.6) is 0 Å². The molecule has 5 atom stereocenters. The Morgan fingerprint density at radius 1 is 0.896 bits per heavy atom. The lowest BCUT2D eigenvalue weighted by Crippen LogP contribution is -2.60. The van der Waals surface area contributed by atoms with Crippen molar-refractivity contribution in [3.8, 4) is 0 Å². The van der Waals surface area contributed by atoms with E-state index in [1.807, 2.05) is 6.07 Å². The minimum absolute atomic E-state index is 0.0703. The SMILES string of the molecule is CC(=O)OC[C@H]1O[C@@H](n2c(SCc3cc4cc(Br)ccc4oc3=O)nc3cc(Cl)c(Cl)cc32)[C@H](OC(C)=O)[C@@H](OC(C)=O)[C@@H]1OC(C)=O. The number of thioether (sulfide) groups is 1. The van der Waals surface area contributed by atoms with Crippen molar-refractivity contribution in [1.82, 2.24) is 9.55 Å². The first-order valence-corrected chi connectivity index (χ1v) is 16.8. The normalized spacial score (nSPS) is 20.8. The summed E-state index contributed by atoms with van der Waals surface area (Å²) in [7, 11) is 0. The molecule has 0 radical (unpaired) electrons. The number of hydrogen-bond donors (Lipinski definition) is 0. The predicted molar refractivity (Wildman–Crippen MR) is 177 cm³/mol. The number of benzene rings is 2. The summed E-state index contributed by atoms with van der Waals surface area (Å²) < 4.78 is 36.3. The van der Waals surface area contributed by atoms with E-state index in [1.165, 1.54) is 23.6 Å². The standard InChI is InChI=1S/C31H27BrCl2N2O11S/c1-13(37)42-11-25-26(43-14(2)38)27(44-15(3)39)28(45-16(4)40)29(46-25)36-23-10-21(34)20(33)9-22(23)35-31(36)48-12-18-7-17-8-19(32)5-6-24(17)47-30(18)41/h5-10,25-29H,11-12H2,1-4H3/t25-,26-,27+,28-,29-/m1/s1. The van der Waals surface area contributed by atoms with Gasteiger partial charge in [0.05, 0.1) is 21.1 Å². The molecular formula is C31H27BrCl2N2O11S. The summed E-state index contributed by atoms with van der Waals surface area (Å²) in [5.74, 6) is -2.91. The van der Waals surface area contributed by atoms with Gasteiger partial charge in [0, 0.05) is 48.9 Å². The van der Waals surface area contributed by atoms with Crippen molar-refractivity contribution < 1.29 is 47.3 Å². The summed E-state index contributed by atoms with van der Waals surface area (Å²) in [6.07, 6.45) is -6.78. The predicted octanol–water partition coefficient (Wildman–Crippen LogP) is 5.76. The second-order valence-corrected chi connectivity index (χ2v) is 13.3. The van der Waals surface area contributed by atoms with E-state index in [9.17, 15) is 24.0 Å². The van der Waals surface area contributed by atoms with Crippen LogP contribution in [0.4, 0.5) is 0 Å². The summed E-state index contributed by atoms with van der Waals surface area (Å²) in [6.45, 7) is 4.16. The Balaban J connectivity index is 1.66. The van der Waals surface area contributed by atoms with Crippen molar-refractivity contribution in [2.45, 2.75) is 69.2 Å². The molecule has 48 heavy (non-hydrogen) atoms. The topological polar surface area (TPSA) is 162 Å². The van der Waals surface area contributed by atoms with E-state index in [0.717, 1.165) is 37.0 Å². The summed E-state index contributed by atoms with van der Waals surface area (Å²) in [5, 5.41) is 1.30. The molecule has 0 saturated carbocycles. The number of aromatic nitrogens is 2. The van der Waals surface area contributed by atoms with E-state index in [2.05, 4.69) is 15.9 Å². The minimum atomic E-state index is -1.43. The number of imidazole rings is 1. The fourth-order valence-corrected chi connectivity index (χ4v) is 6.89. The maximum Gasteiger partial charge on any atom is 0.340 e. The highest BCUT2D eigenvalue weighted by Crippen LogP contribution is 2.41. The van der Waals surface area contributed by atoms with Crippen LogP contribution >= 0.6 is 50.9 Å². The maximum atomic E-state index is 12.9. The molecule has 0 spiro atoms. The van der Waals surface area contributed by atoms with Gasteiger partial charge in [0.25, 0.3) is 0 Å². The van der Waals surface area contributed by atoms with Gasteiger partial charge in [-0.15, -0.1) is 0 Å². The highest BCUT2D eigenvalue weighted by Gasteiger charge is 2.53. The van der Waals surface area contributed by atoms with Crippen LogP contribution in [0.1, 0.15) is 39.5 Å². The molecule has 4 aromatic rings. The fourth-order valence-electron chi connectivity index (χ4n) is 5.21. The first-order chi connectivity index (χ1) is 22.7. The number of rotatable bonds is 9. The molecule has 1 fully saturated rings. The molecule has 0 aliphatic carbocycles. The lowest BCUT2D eigenvalue weighted by atomic mass is 9.97. The van der Waals surface area contributed by atoms with Crippen LogP contribution in [0, 0.1) is 0 Å².